The van der Waals surface area contributed by atoms with Crippen molar-refractivity contribution < 1.29 is 13.0 Å². The van der Waals surface area contributed by atoms with Gasteiger partial charge in [0.2, 0.25) is 0 Å². The minimum Gasteiger partial charge on any atom is -0.744 e. The van der Waals surface area contributed by atoms with Crippen LogP contribution in [0.2, 0.25) is 0 Å². The third-order valence-corrected chi connectivity index (χ3v) is 1.88. The van der Waals surface area contributed by atoms with E-state index in [0.717, 1.165) is 0 Å². The summed E-state index contributed by atoms with van der Waals surface area (Å²) in [4.78, 5) is -0.185. The smallest absolute Gasteiger partial charge is 0.124 e. The van der Waals surface area contributed by atoms with Crippen LogP contribution >= 0.6 is 0 Å². The summed E-state index contributed by atoms with van der Waals surface area (Å²) in [5, 5.41) is 0. The van der Waals surface area contributed by atoms with Crippen molar-refractivity contribution in [3.63, 3.8) is 0 Å². The highest BCUT2D eigenvalue weighted by Crippen LogP contribution is 2.04. The van der Waals surface area contributed by atoms with E-state index in [2.05, 4.69) is 0 Å². The maximum absolute atomic E-state index is 10.3. The monoisotopic (exact) mass is 247 g/mol. The Hall–Kier alpha value is -0.870. The molecule has 0 aliphatic carbocycles. The van der Waals surface area contributed by atoms with E-state index in [9.17, 15) is 13.0 Å². The molecule has 1 aromatic rings. The standard InChI is InChI=1S/C6H6O3S.3C2H6/c7-10(8,9)6-4-2-1-3-5-6;3*1-2/h1-5H,(H,7,8,9);3*1-2H3/p-1. The van der Waals surface area contributed by atoms with E-state index in [0.29, 0.717) is 0 Å². The van der Waals surface area contributed by atoms with Gasteiger partial charge in [-0.3, -0.25) is 0 Å². The second kappa shape index (κ2) is 14.1. The molecule has 0 N–H and O–H groups in total. The van der Waals surface area contributed by atoms with Gasteiger partial charge in [-0.2, -0.15) is 0 Å². The SMILES string of the molecule is CC.CC.CC.O=S(=O)([O-])c1ccccc1. The fraction of sp³-hybridized carbons (Fsp3) is 0.500. The van der Waals surface area contributed by atoms with Crippen LogP contribution in [-0.2, 0) is 10.1 Å². The fourth-order valence-electron chi connectivity index (χ4n) is 0.587. The van der Waals surface area contributed by atoms with Crippen molar-refractivity contribution in [1.82, 2.24) is 0 Å². The molecule has 1 aromatic carbocycles. The third kappa shape index (κ3) is 11.2. The summed E-state index contributed by atoms with van der Waals surface area (Å²) in [5.41, 5.74) is 0. The molecule has 3 nitrogen and oxygen atoms in total. The Kier molecular flexibility index (Phi) is 18.1. The zero-order chi connectivity index (χ0) is 13.6. The summed E-state index contributed by atoms with van der Waals surface area (Å²) >= 11 is 0. The van der Waals surface area contributed by atoms with Gasteiger partial charge in [0.15, 0.2) is 0 Å². The van der Waals surface area contributed by atoms with Crippen molar-refractivity contribution in [2.75, 3.05) is 0 Å². The lowest BCUT2D eigenvalue weighted by atomic mass is 10.4. The molecule has 0 amide bonds. The van der Waals surface area contributed by atoms with Gasteiger partial charge in [0.25, 0.3) is 0 Å². The van der Waals surface area contributed by atoms with Crippen molar-refractivity contribution in [2.45, 2.75) is 46.4 Å². The minimum atomic E-state index is -4.25. The van der Waals surface area contributed by atoms with Gasteiger partial charge < -0.3 is 4.55 Å². The van der Waals surface area contributed by atoms with Gasteiger partial charge >= 0.3 is 0 Å². The van der Waals surface area contributed by atoms with Crippen LogP contribution in [0.1, 0.15) is 41.5 Å². The van der Waals surface area contributed by atoms with E-state index in [-0.39, 0.29) is 4.90 Å². The predicted octanol–water partition coefficient (Wildman–Crippen LogP) is 3.67. The van der Waals surface area contributed by atoms with Gasteiger partial charge in [0, 0.05) is 0 Å². The molecule has 1 rings (SSSR count). The van der Waals surface area contributed by atoms with E-state index in [4.69, 9.17) is 0 Å². The highest BCUT2D eigenvalue weighted by atomic mass is 32.2. The summed E-state index contributed by atoms with van der Waals surface area (Å²) in [6.07, 6.45) is 0. The molecule has 0 atom stereocenters. The Labute approximate surface area is 100 Å². The van der Waals surface area contributed by atoms with E-state index < -0.39 is 10.1 Å². The average molecular weight is 247 g/mol. The van der Waals surface area contributed by atoms with E-state index >= 15 is 0 Å². The molecule has 16 heavy (non-hydrogen) atoms. The number of hydrogen-bond acceptors (Lipinski definition) is 3. The Bertz CT molecular complexity index is 304. The van der Waals surface area contributed by atoms with Crippen LogP contribution in [-0.4, -0.2) is 13.0 Å². The first-order chi connectivity index (χ1) is 7.61. The van der Waals surface area contributed by atoms with Gasteiger partial charge in [0.1, 0.15) is 10.1 Å². The summed E-state index contributed by atoms with van der Waals surface area (Å²) in [6, 6.07) is 7.19. The predicted molar refractivity (Wildman–Crippen MR) is 68.4 cm³/mol. The van der Waals surface area contributed by atoms with Crippen LogP contribution in [0, 0.1) is 0 Å². The summed E-state index contributed by atoms with van der Waals surface area (Å²) in [7, 11) is -4.25. The van der Waals surface area contributed by atoms with Crippen molar-refractivity contribution in [3.05, 3.63) is 30.3 Å². The quantitative estimate of drug-likeness (QED) is 0.711. The Morgan fingerprint density at radius 3 is 1.31 bits per heavy atom. The Balaban J connectivity index is -0.000000245. The minimum absolute atomic E-state index is 0.185. The highest BCUT2D eigenvalue weighted by molar-refractivity contribution is 7.85. The van der Waals surface area contributed by atoms with E-state index in [1.807, 2.05) is 41.5 Å². The largest absolute Gasteiger partial charge is 0.744 e. The summed E-state index contributed by atoms with van der Waals surface area (Å²) < 4.78 is 30.8. The lowest BCUT2D eigenvalue weighted by Crippen LogP contribution is -1.96. The Morgan fingerprint density at radius 2 is 1.12 bits per heavy atom. The van der Waals surface area contributed by atoms with Gasteiger partial charge in [-0.05, 0) is 12.1 Å². The summed E-state index contributed by atoms with van der Waals surface area (Å²) in [6.45, 7) is 12.0. The molecule has 0 unspecified atom stereocenters. The van der Waals surface area contributed by atoms with Crippen molar-refractivity contribution >= 4 is 10.1 Å². The molecule has 0 aliphatic rings. The molecule has 4 heteroatoms. The second-order valence-corrected chi connectivity index (χ2v) is 3.15. The average Bonchev–Trinajstić information content (AvgIpc) is 2.37. The fourth-order valence-corrected chi connectivity index (χ4v) is 1.08. The maximum atomic E-state index is 10.3. The van der Waals surface area contributed by atoms with E-state index in [1.165, 1.54) is 24.3 Å². The molecule has 0 aliphatic heterocycles. The third-order valence-electron chi connectivity index (χ3n) is 1.03. The topological polar surface area (TPSA) is 57.2 Å². The number of hydrogen-bond donors (Lipinski definition) is 0. The summed E-state index contributed by atoms with van der Waals surface area (Å²) in [5.74, 6) is 0. The molecule has 0 saturated carbocycles. The first kappa shape index (κ1) is 20.5. The lowest BCUT2D eigenvalue weighted by molar-refractivity contribution is 0.463. The first-order valence-corrected chi connectivity index (χ1v) is 7.02. The molecular weight excluding hydrogens is 224 g/mol. The zero-order valence-electron chi connectivity index (χ0n) is 11.0. The Morgan fingerprint density at radius 1 is 0.812 bits per heavy atom. The molecule has 96 valence electrons. The van der Waals surface area contributed by atoms with Gasteiger partial charge in [0.05, 0.1) is 4.90 Å². The van der Waals surface area contributed by atoms with Crippen molar-refractivity contribution in [2.24, 2.45) is 0 Å². The molecule has 0 spiro atoms. The van der Waals surface area contributed by atoms with Crippen LogP contribution in [0.25, 0.3) is 0 Å². The normalized spacial score (nSPS) is 8.19. The van der Waals surface area contributed by atoms with Gasteiger partial charge in [-0.25, -0.2) is 8.42 Å². The zero-order valence-corrected chi connectivity index (χ0v) is 11.8. The lowest BCUT2D eigenvalue weighted by Gasteiger charge is -2.04. The van der Waals surface area contributed by atoms with Crippen molar-refractivity contribution in [1.29, 1.82) is 0 Å². The van der Waals surface area contributed by atoms with E-state index in [1.54, 1.807) is 6.07 Å². The van der Waals surface area contributed by atoms with Gasteiger partial charge in [-0.15, -0.1) is 0 Å². The second-order valence-electron chi connectivity index (χ2n) is 1.77. The molecule has 0 radical (unpaired) electrons. The number of benzene rings is 1. The van der Waals surface area contributed by atoms with Crippen LogP contribution < -0.4 is 0 Å². The van der Waals surface area contributed by atoms with Crippen LogP contribution in [0.3, 0.4) is 0 Å². The molecule has 0 saturated heterocycles. The molecule has 0 fully saturated rings. The molecular formula is C12H23O3S-. The van der Waals surface area contributed by atoms with Crippen molar-refractivity contribution in [3.8, 4) is 0 Å². The first-order valence-electron chi connectivity index (χ1n) is 5.61. The molecule has 0 bridgehead atoms. The van der Waals surface area contributed by atoms with Crippen LogP contribution in [0.15, 0.2) is 35.2 Å². The van der Waals surface area contributed by atoms with Gasteiger partial charge in [-0.1, -0.05) is 59.7 Å². The van der Waals surface area contributed by atoms with Crippen LogP contribution in [0.4, 0.5) is 0 Å². The highest BCUT2D eigenvalue weighted by Gasteiger charge is 1.95. The molecule has 0 aromatic heterocycles. The molecule has 0 heterocycles. The maximum Gasteiger partial charge on any atom is 0.124 e. The number of rotatable bonds is 1. The van der Waals surface area contributed by atoms with Crippen LogP contribution in [0.5, 0.6) is 0 Å².